The van der Waals surface area contributed by atoms with E-state index in [1.807, 2.05) is 12.1 Å². The maximum atomic E-state index is 11.5. The number of carbonyl (C=O) groups is 1. The molecule has 0 fully saturated rings. The number of hydrogen-bond acceptors (Lipinski definition) is 3. The summed E-state index contributed by atoms with van der Waals surface area (Å²) in [5, 5.41) is 14.4. The van der Waals surface area contributed by atoms with E-state index in [2.05, 4.69) is 10.6 Å². The lowest BCUT2D eigenvalue weighted by Crippen LogP contribution is -2.31. The van der Waals surface area contributed by atoms with E-state index in [1.54, 1.807) is 26.2 Å². The predicted octanol–water partition coefficient (Wildman–Crippen LogP) is 1.59. The van der Waals surface area contributed by atoms with Crippen LogP contribution in [0.15, 0.2) is 24.3 Å². The number of para-hydroxylation sites is 2. The van der Waals surface area contributed by atoms with Gasteiger partial charge in [0.1, 0.15) is 5.75 Å². The van der Waals surface area contributed by atoms with Gasteiger partial charge in [-0.25, -0.2) is 4.79 Å². The Morgan fingerprint density at radius 3 is 2.82 bits per heavy atom. The molecular formula is C12H18N2O3. The Kier molecular flexibility index (Phi) is 5.29. The summed E-state index contributed by atoms with van der Waals surface area (Å²) in [6, 6.07) is 6.86. The molecule has 0 spiro atoms. The molecule has 2 amide bonds. The van der Waals surface area contributed by atoms with Crippen molar-refractivity contribution in [2.45, 2.75) is 19.4 Å². The van der Waals surface area contributed by atoms with E-state index in [9.17, 15) is 4.79 Å². The van der Waals surface area contributed by atoms with Crippen LogP contribution in [0.3, 0.4) is 0 Å². The Bertz CT molecular complexity index is 367. The van der Waals surface area contributed by atoms with Crippen molar-refractivity contribution in [1.29, 1.82) is 0 Å². The summed E-state index contributed by atoms with van der Waals surface area (Å²) in [5.74, 6) is 0.609. The molecule has 3 N–H and O–H groups in total. The Morgan fingerprint density at radius 1 is 1.47 bits per heavy atom. The third-order valence-corrected chi connectivity index (χ3v) is 2.20. The second-order valence-corrected chi connectivity index (χ2v) is 3.72. The number of aliphatic hydroxyl groups excluding tert-OH is 1. The number of aliphatic hydroxyl groups is 1. The summed E-state index contributed by atoms with van der Waals surface area (Å²) in [4.78, 5) is 11.5. The van der Waals surface area contributed by atoms with Gasteiger partial charge in [0.25, 0.3) is 0 Å². The van der Waals surface area contributed by atoms with Crippen LogP contribution in [0.25, 0.3) is 0 Å². The highest BCUT2D eigenvalue weighted by atomic mass is 16.5. The molecule has 0 aromatic heterocycles. The Labute approximate surface area is 101 Å². The number of anilines is 1. The number of amides is 2. The van der Waals surface area contributed by atoms with Crippen LogP contribution in [0.1, 0.15) is 13.3 Å². The minimum absolute atomic E-state index is 0.310. The second kappa shape index (κ2) is 6.75. The fourth-order valence-electron chi connectivity index (χ4n) is 1.31. The largest absolute Gasteiger partial charge is 0.495 e. The molecule has 17 heavy (non-hydrogen) atoms. The molecule has 0 aliphatic carbocycles. The molecule has 1 unspecified atom stereocenters. The number of benzene rings is 1. The number of ether oxygens (including phenoxy) is 1. The first kappa shape index (κ1) is 13.3. The molecule has 0 radical (unpaired) electrons. The van der Waals surface area contributed by atoms with Crippen LogP contribution in [0.5, 0.6) is 5.75 Å². The first-order valence-corrected chi connectivity index (χ1v) is 5.49. The van der Waals surface area contributed by atoms with Gasteiger partial charge in [0.15, 0.2) is 0 Å². The van der Waals surface area contributed by atoms with Gasteiger partial charge >= 0.3 is 6.03 Å². The number of urea groups is 1. The van der Waals surface area contributed by atoms with Crippen molar-refractivity contribution < 1.29 is 14.6 Å². The Balaban J connectivity index is 2.45. The maximum absolute atomic E-state index is 11.5. The van der Waals surface area contributed by atoms with Gasteiger partial charge in [-0.3, -0.25) is 0 Å². The summed E-state index contributed by atoms with van der Waals surface area (Å²) in [6.07, 6.45) is 0.112. The van der Waals surface area contributed by atoms with Crippen molar-refractivity contribution in [3.8, 4) is 5.75 Å². The molecule has 0 aliphatic heterocycles. The summed E-state index contributed by atoms with van der Waals surface area (Å²) in [6.45, 7) is 2.11. The van der Waals surface area contributed by atoms with Crippen molar-refractivity contribution in [1.82, 2.24) is 5.32 Å². The fraction of sp³-hybridized carbons (Fsp3) is 0.417. The minimum atomic E-state index is -0.415. The third-order valence-electron chi connectivity index (χ3n) is 2.20. The number of methoxy groups -OCH3 is 1. The molecule has 0 saturated heterocycles. The summed E-state index contributed by atoms with van der Waals surface area (Å²) < 4.78 is 5.11. The normalized spacial score (nSPS) is 11.7. The van der Waals surface area contributed by atoms with Gasteiger partial charge in [-0.05, 0) is 25.5 Å². The number of rotatable bonds is 5. The highest BCUT2D eigenvalue weighted by Crippen LogP contribution is 2.22. The molecule has 5 nitrogen and oxygen atoms in total. The lowest BCUT2D eigenvalue weighted by molar-refractivity contribution is 0.184. The Morgan fingerprint density at radius 2 is 2.18 bits per heavy atom. The second-order valence-electron chi connectivity index (χ2n) is 3.72. The van der Waals surface area contributed by atoms with E-state index in [0.29, 0.717) is 24.4 Å². The van der Waals surface area contributed by atoms with E-state index < -0.39 is 6.10 Å². The number of carbonyl (C=O) groups excluding carboxylic acids is 1. The molecule has 0 heterocycles. The van der Waals surface area contributed by atoms with Gasteiger partial charge < -0.3 is 20.5 Å². The first-order valence-electron chi connectivity index (χ1n) is 5.49. The lowest BCUT2D eigenvalue weighted by atomic mass is 10.3. The van der Waals surface area contributed by atoms with Crippen LogP contribution < -0.4 is 15.4 Å². The zero-order valence-corrected chi connectivity index (χ0v) is 10.1. The standard InChI is InChI=1S/C12H18N2O3/c1-9(15)7-8-13-12(16)14-10-5-3-4-6-11(10)17-2/h3-6,9,15H,7-8H2,1-2H3,(H2,13,14,16). The molecule has 1 aromatic rings. The first-order chi connectivity index (χ1) is 8.13. The molecule has 0 aliphatic rings. The lowest BCUT2D eigenvalue weighted by Gasteiger charge is -2.11. The molecular weight excluding hydrogens is 220 g/mol. The summed E-state index contributed by atoms with van der Waals surface area (Å²) in [5.41, 5.74) is 0.615. The van der Waals surface area contributed by atoms with E-state index in [-0.39, 0.29) is 6.03 Å². The van der Waals surface area contributed by atoms with Crippen molar-refractivity contribution in [2.24, 2.45) is 0 Å². The Hall–Kier alpha value is -1.75. The van der Waals surface area contributed by atoms with E-state index in [0.717, 1.165) is 0 Å². The van der Waals surface area contributed by atoms with Crippen LogP contribution in [-0.2, 0) is 0 Å². The van der Waals surface area contributed by atoms with Gasteiger partial charge in [0, 0.05) is 6.54 Å². The van der Waals surface area contributed by atoms with E-state index in [4.69, 9.17) is 9.84 Å². The zero-order chi connectivity index (χ0) is 12.7. The average molecular weight is 238 g/mol. The van der Waals surface area contributed by atoms with Gasteiger partial charge in [-0.1, -0.05) is 12.1 Å². The molecule has 1 aromatic carbocycles. The SMILES string of the molecule is COc1ccccc1NC(=O)NCCC(C)O. The van der Waals surface area contributed by atoms with Crippen LogP contribution in [0, 0.1) is 0 Å². The smallest absolute Gasteiger partial charge is 0.319 e. The number of nitrogens with one attached hydrogen (secondary N) is 2. The van der Waals surface area contributed by atoms with Gasteiger partial charge in [-0.2, -0.15) is 0 Å². The average Bonchev–Trinajstić information content (AvgIpc) is 2.29. The zero-order valence-electron chi connectivity index (χ0n) is 10.1. The van der Waals surface area contributed by atoms with Crippen LogP contribution in [0.4, 0.5) is 10.5 Å². The van der Waals surface area contributed by atoms with E-state index in [1.165, 1.54) is 0 Å². The van der Waals surface area contributed by atoms with Gasteiger partial charge in [-0.15, -0.1) is 0 Å². The molecule has 94 valence electrons. The van der Waals surface area contributed by atoms with Crippen molar-refractivity contribution >= 4 is 11.7 Å². The van der Waals surface area contributed by atoms with Crippen LogP contribution in [0.2, 0.25) is 0 Å². The predicted molar refractivity (Wildman–Crippen MR) is 66.3 cm³/mol. The topological polar surface area (TPSA) is 70.6 Å². The van der Waals surface area contributed by atoms with Crippen molar-refractivity contribution in [3.63, 3.8) is 0 Å². The molecule has 1 atom stereocenters. The van der Waals surface area contributed by atoms with E-state index >= 15 is 0 Å². The van der Waals surface area contributed by atoms with Gasteiger partial charge in [0.2, 0.25) is 0 Å². The quantitative estimate of drug-likeness (QED) is 0.729. The van der Waals surface area contributed by atoms with Crippen LogP contribution in [-0.4, -0.2) is 30.9 Å². The van der Waals surface area contributed by atoms with Crippen molar-refractivity contribution in [3.05, 3.63) is 24.3 Å². The maximum Gasteiger partial charge on any atom is 0.319 e. The minimum Gasteiger partial charge on any atom is -0.495 e. The highest BCUT2D eigenvalue weighted by molar-refractivity contribution is 5.90. The fourth-order valence-corrected chi connectivity index (χ4v) is 1.31. The molecule has 0 bridgehead atoms. The monoisotopic (exact) mass is 238 g/mol. The number of hydrogen-bond donors (Lipinski definition) is 3. The third kappa shape index (κ3) is 4.74. The highest BCUT2D eigenvalue weighted by Gasteiger charge is 2.06. The molecule has 5 heteroatoms. The summed E-state index contributed by atoms with van der Waals surface area (Å²) in [7, 11) is 1.55. The van der Waals surface area contributed by atoms with Gasteiger partial charge in [0.05, 0.1) is 18.9 Å². The van der Waals surface area contributed by atoms with Crippen LogP contribution >= 0.6 is 0 Å². The molecule has 1 rings (SSSR count). The molecule has 0 saturated carbocycles. The summed E-state index contributed by atoms with van der Waals surface area (Å²) >= 11 is 0. The van der Waals surface area contributed by atoms with Crippen molar-refractivity contribution in [2.75, 3.05) is 19.0 Å².